The van der Waals surface area contributed by atoms with Gasteiger partial charge in [-0.3, -0.25) is 4.79 Å². The highest BCUT2D eigenvalue weighted by atomic mass is 127. The summed E-state index contributed by atoms with van der Waals surface area (Å²) in [4.78, 5) is 12.1. The number of rotatable bonds is 5. The van der Waals surface area contributed by atoms with Gasteiger partial charge >= 0.3 is 9.76 Å². The van der Waals surface area contributed by atoms with E-state index >= 15 is 0 Å². The first-order valence-corrected chi connectivity index (χ1v) is 13.0. The predicted molar refractivity (Wildman–Crippen MR) is 141 cm³/mol. The van der Waals surface area contributed by atoms with Gasteiger partial charge in [-0.25, -0.2) is 0 Å². The molecule has 27 heavy (non-hydrogen) atoms. The standard InChI is InChI=1S/C18H16I4O4Si/c1-18(2,3)27-26-15(23)6-9-4-13(21)17(14(22)5-9)25-10-7-11(19)16(24)12(20)8-10/h4-5,7-8,24H,6H2,1-3H3. The van der Waals surface area contributed by atoms with Crippen molar-refractivity contribution >= 4 is 106 Å². The average molecular weight is 832 g/mol. The molecular weight excluding hydrogens is 816 g/mol. The maximum atomic E-state index is 12.1. The van der Waals surface area contributed by atoms with Crippen LogP contribution in [0.1, 0.15) is 26.3 Å². The summed E-state index contributed by atoms with van der Waals surface area (Å²) in [7, 11) is 0.143. The second-order valence-electron chi connectivity index (χ2n) is 6.73. The largest absolute Gasteiger partial charge is 0.516 e. The van der Waals surface area contributed by atoms with Crippen LogP contribution in [-0.2, 0) is 15.6 Å². The van der Waals surface area contributed by atoms with Gasteiger partial charge in [0.05, 0.1) is 20.7 Å². The van der Waals surface area contributed by atoms with E-state index in [1.165, 1.54) is 0 Å². The Bertz CT molecular complexity index is 819. The van der Waals surface area contributed by atoms with E-state index < -0.39 is 0 Å². The number of phenolic OH excluding ortho intramolecular Hbond substituents is 1. The van der Waals surface area contributed by atoms with Crippen molar-refractivity contribution in [3.63, 3.8) is 0 Å². The van der Waals surface area contributed by atoms with Crippen molar-refractivity contribution in [2.24, 2.45) is 0 Å². The van der Waals surface area contributed by atoms with Crippen LogP contribution >= 0.6 is 90.4 Å². The Morgan fingerprint density at radius 2 is 1.52 bits per heavy atom. The highest BCUT2D eigenvalue weighted by Crippen LogP contribution is 2.37. The number of ether oxygens (including phenoxy) is 1. The summed E-state index contributed by atoms with van der Waals surface area (Å²) in [5.74, 6) is 1.45. The van der Waals surface area contributed by atoms with Gasteiger partial charge in [0.15, 0.2) is 5.75 Å². The van der Waals surface area contributed by atoms with E-state index in [2.05, 4.69) is 90.4 Å². The fourth-order valence-electron chi connectivity index (χ4n) is 1.94. The van der Waals surface area contributed by atoms with Gasteiger partial charge in [0, 0.05) is 0 Å². The van der Waals surface area contributed by atoms with Gasteiger partial charge < -0.3 is 14.3 Å². The third-order valence-electron chi connectivity index (χ3n) is 3.09. The summed E-state index contributed by atoms with van der Waals surface area (Å²) >= 11 is 8.58. The molecule has 2 aromatic carbocycles. The number of benzene rings is 2. The Morgan fingerprint density at radius 1 is 1.00 bits per heavy atom. The molecule has 0 bridgehead atoms. The molecule has 2 radical (unpaired) electrons. The number of halogens is 4. The van der Waals surface area contributed by atoms with Crippen LogP contribution < -0.4 is 4.74 Å². The zero-order chi connectivity index (χ0) is 20.4. The van der Waals surface area contributed by atoms with E-state index in [9.17, 15) is 9.90 Å². The van der Waals surface area contributed by atoms with Crippen LogP contribution in [-0.4, -0.2) is 20.8 Å². The lowest BCUT2D eigenvalue weighted by Crippen LogP contribution is -2.18. The van der Waals surface area contributed by atoms with Gasteiger partial charge in [-0.05, 0) is 125 Å². The molecule has 0 aromatic heterocycles. The van der Waals surface area contributed by atoms with E-state index in [0.29, 0.717) is 5.75 Å². The molecule has 0 saturated heterocycles. The lowest BCUT2D eigenvalue weighted by atomic mass is 10.1. The average Bonchev–Trinajstić information content (AvgIpc) is 2.53. The minimum atomic E-state index is -0.217. The third-order valence-corrected chi connectivity index (χ3v) is 7.28. The van der Waals surface area contributed by atoms with Crippen molar-refractivity contribution in [1.82, 2.24) is 0 Å². The highest BCUT2D eigenvalue weighted by molar-refractivity contribution is 14.1. The molecule has 2 rings (SSSR count). The van der Waals surface area contributed by atoms with Gasteiger partial charge in [0.1, 0.15) is 11.5 Å². The van der Waals surface area contributed by atoms with Gasteiger partial charge in [-0.15, -0.1) is 0 Å². The van der Waals surface area contributed by atoms with Gasteiger partial charge in [-0.2, -0.15) is 0 Å². The quantitative estimate of drug-likeness (QED) is 0.276. The molecule has 0 saturated carbocycles. The van der Waals surface area contributed by atoms with Crippen LogP contribution in [0.25, 0.3) is 0 Å². The summed E-state index contributed by atoms with van der Waals surface area (Å²) in [5.41, 5.74) is 0.898. The fraction of sp³-hybridized carbons (Fsp3) is 0.278. The van der Waals surface area contributed by atoms with Crippen molar-refractivity contribution in [2.75, 3.05) is 0 Å². The highest BCUT2D eigenvalue weighted by Gasteiger charge is 2.19. The Morgan fingerprint density at radius 3 is 2.00 bits per heavy atom. The molecule has 4 nitrogen and oxygen atoms in total. The maximum Gasteiger partial charge on any atom is 0.320 e. The number of hydrogen-bond acceptors (Lipinski definition) is 4. The minimum absolute atomic E-state index is 0.0185. The Hall–Kier alpha value is 0.647. The first-order chi connectivity index (χ1) is 12.5. The molecule has 0 aliphatic rings. The summed E-state index contributed by atoms with van der Waals surface area (Å²) in [5, 5.41) is 9.88. The van der Waals surface area contributed by atoms with Crippen molar-refractivity contribution in [3.8, 4) is 17.2 Å². The van der Waals surface area contributed by atoms with Gasteiger partial charge in [0.2, 0.25) is 0 Å². The normalized spacial score (nSPS) is 11.4. The van der Waals surface area contributed by atoms with E-state index in [1.54, 1.807) is 12.1 Å². The zero-order valence-corrected chi connectivity index (χ0v) is 24.3. The molecule has 0 aliphatic heterocycles. The van der Waals surface area contributed by atoms with E-state index in [-0.39, 0.29) is 32.9 Å². The molecule has 0 atom stereocenters. The number of carbonyl (C=O) groups excluding carboxylic acids is 1. The Balaban J connectivity index is 2.16. The predicted octanol–water partition coefficient (Wildman–Crippen LogP) is 6.53. The molecule has 0 fully saturated rings. The Kier molecular flexibility index (Phi) is 8.95. The minimum Gasteiger partial charge on any atom is -0.516 e. The Labute approximate surface area is 216 Å². The maximum absolute atomic E-state index is 12.1. The molecule has 0 aliphatic carbocycles. The van der Waals surface area contributed by atoms with E-state index in [0.717, 1.165) is 25.6 Å². The molecule has 0 spiro atoms. The summed E-state index contributed by atoms with van der Waals surface area (Å²) in [6.07, 6.45) is 0.240. The SMILES string of the molecule is CC(C)(C)[Si]OC(=O)Cc1cc(I)c(Oc2cc(I)c(O)c(I)c2)c(I)c1. The molecule has 9 heteroatoms. The molecular formula is C18H16I4O4Si. The lowest BCUT2D eigenvalue weighted by molar-refractivity contribution is -0.133. The molecule has 0 amide bonds. The van der Waals surface area contributed by atoms with Crippen molar-refractivity contribution < 1.29 is 19.1 Å². The number of phenols is 1. The summed E-state index contributed by atoms with van der Waals surface area (Å²) < 4.78 is 14.7. The van der Waals surface area contributed by atoms with Crippen molar-refractivity contribution in [1.29, 1.82) is 0 Å². The lowest BCUT2D eigenvalue weighted by Gasteiger charge is -2.16. The smallest absolute Gasteiger partial charge is 0.320 e. The number of aromatic hydroxyl groups is 1. The van der Waals surface area contributed by atoms with Gasteiger partial charge in [0.25, 0.3) is 5.97 Å². The van der Waals surface area contributed by atoms with E-state index in [1.807, 2.05) is 32.9 Å². The second-order valence-corrected chi connectivity index (χ2v) is 13.3. The molecule has 0 heterocycles. The second kappa shape index (κ2) is 10.1. The van der Waals surface area contributed by atoms with Gasteiger partial charge in [-0.1, -0.05) is 20.8 Å². The van der Waals surface area contributed by atoms with Crippen LogP contribution in [0.3, 0.4) is 0 Å². The summed E-state index contributed by atoms with van der Waals surface area (Å²) in [6.45, 7) is 6.13. The topological polar surface area (TPSA) is 55.8 Å². The van der Waals surface area contributed by atoms with Crippen LogP contribution in [0.5, 0.6) is 17.2 Å². The number of carbonyl (C=O) groups is 1. The molecule has 1 N–H and O–H groups in total. The monoisotopic (exact) mass is 832 g/mol. The van der Waals surface area contributed by atoms with Crippen molar-refractivity contribution in [3.05, 3.63) is 44.1 Å². The zero-order valence-electron chi connectivity index (χ0n) is 14.7. The molecule has 144 valence electrons. The van der Waals surface area contributed by atoms with Crippen molar-refractivity contribution in [2.45, 2.75) is 32.2 Å². The van der Waals surface area contributed by atoms with Crippen LogP contribution in [0, 0.1) is 14.3 Å². The summed E-state index contributed by atoms with van der Waals surface area (Å²) in [6, 6.07) is 7.47. The van der Waals surface area contributed by atoms with Crippen LogP contribution in [0.2, 0.25) is 5.04 Å². The third kappa shape index (κ3) is 7.44. The van der Waals surface area contributed by atoms with Crippen LogP contribution in [0.15, 0.2) is 24.3 Å². The first kappa shape index (κ1) is 23.9. The van der Waals surface area contributed by atoms with Crippen LogP contribution in [0.4, 0.5) is 0 Å². The fourth-order valence-corrected chi connectivity index (χ4v) is 6.26. The number of hydrogen-bond donors (Lipinski definition) is 1. The molecule has 2 aromatic rings. The van der Waals surface area contributed by atoms with E-state index in [4.69, 9.17) is 9.16 Å². The first-order valence-electron chi connectivity index (χ1n) is 7.77. The molecule has 0 unspecified atom stereocenters.